The number of nitrogens with zero attached hydrogens (tertiary/aromatic N) is 1. The minimum Gasteiger partial charge on any atom is -0.390 e. The Kier molecular flexibility index (Phi) is 2.61. The van der Waals surface area contributed by atoms with Crippen molar-refractivity contribution in [2.75, 3.05) is 0 Å². The molecule has 0 radical (unpaired) electrons. The summed E-state index contributed by atoms with van der Waals surface area (Å²) in [5, 5.41) is 10.0. The lowest BCUT2D eigenvalue weighted by molar-refractivity contribution is 0.277. The normalized spacial score (nSPS) is 10.4. The molecule has 1 N–H and O–H groups in total. The third-order valence-corrected chi connectivity index (χ3v) is 3.13. The Balaban J connectivity index is 2.43. The second-order valence-corrected chi connectivity index (χ2v) is 4.25. The average Bonchev–Trinajstić information content (AvgIpc) is 2.61. The minimum absolute atomic E-state index is 0.0230. The molecule has 0 aliphatic carbocycles. The second kappa shape index (κ2) is 3.90. The fourth-order valence-electron chi connectivity index (χ4n) is 1.28. The smallest absolute Gasteiger partial charge is 0.123 e. The van der Waals surface area contributed by atoms with E-state index in [2.05, 4.69) is 4.98 Å². The molecular weight excluding hydrogens is 194 g/mol. The molecule has 0 spiro atoms. The monoisotopic (exact) mass is 205 g/mol. The number of benzene rings is 1. The maximum Gasteiger partial charge on any atom is 0.123 e. The Morgan fingerprint density at radius 3 is 2.57 bits per heavy atom. The lowest BCUT2D eigenvalue weighted by Gasteiger charge is -1.92. The third kappa shape index (κ3) is 1.69. The van der Waals surface area contributed by atoms with E-state index in [1.165, 1.54) is 0 Å². The summed E-state index contributed by atoms with van der Waals surface area (Å²) < 4.78 is 0. The molecule has 14 heavy (non-hydrogen) atoms. The van der Waals surface area contributed by atoms with Crippen LogP contribution < -0.4 is 0 Å². The summed E-state index contributed by atoms with van der Waals surface area (Å²) >= 11 is 1.62. The van der Waals surface area contributed by atoms with Crippen LogP contribution in [0.1, 0.15) is 10.6 Å². The molecule has 1 heterocycles. The van der Waals surface area contributed by atoms with Crippen LogP contribution in [0, 0.1) is 6.92 Å². The van der Waals surface area contributed by atoms with Crippen LogP contribution in [0.4, 0.5) is 0 Å². The van der Waals surface area contributed by atoms with Crippen molar-refractivity contribution >= 4 is 11.3 Å². The van der Waals surface area contributed by atoms with E-state index in [0.29, 0.717) is 0 Å². The third-order valence-electron chi connectivity index (χ3n) is 2.06. The van der Waals surface area contributed by atoms with Crippen molar-refractivity contribution < 1.29 is 5.11 Å². The molecule has 2 nitrogen and oxygen atoms in total. The van der Waals surface area contributed by atoms with Gasteiger partial charge in [-0.1, -0.05) is 30.3 Å². The number of thiazole rings is 1. The maximum absolute atomic E-state index is 9.02. The molecule has 0 amide bonds. The van der Waals surface area contributed by atoms with Crippen molar-refractivity contribution in [1.29, 1.82) is 0 Å². The van der Waals surface area contributed by atoms with Gasteiger partial charge in [-0.25, -0.2) is 4.98 Å². The molecule has 0 atom stereocenters. The highest BCUT2D eigenvalue weighted by atomic mass is 32.1. The minimum atomic E-state index is 0.0230. The average molecular weight is 205 g/mol. The highest BCUT2D eigenvalue weighted by Crippen LogP contribution is 2.27. The van der Waals surface area contributed by atoms with Gasteiger partial charge in [0.25, 0.3) is 0 Å². The molecule has 0 aliphatic rings. The quantitative estimate of drug-likeness (QED) is 0.817. The lowest BCUT2D eigenvalue weighted by Crippen LogP contribution is -1.85. The van der Waals surface area contributed by atoms with Crippen LogP contribution in [0.3, 0.4) is 0 Å². The molecule has 3 heteroatoms. The van der Waals surface area contributed by atoms with E-state index in [0.717, 1.165) is 21.1 Å². The van der Waals surface area contributed by atoms with Gasteiger partial charge in [0.15, 0.2) is 0 Å². The Bertz CT molecular complexity index is 422. The number of aliphatic hydroxyl groups is 1. The summed E-state index contributed by atoms with van der Waals surface area (Å²) in [6.07, 6.45) is 0. The van der Waals surface area contributed by atoms with Crippen LogP contribution in [0.25, 0.3) is 10.6 Å². The molecule has 1 aromatic carbocycles. The zero-order valence-electron chi connectivity index (χ0n) is 7.90. The molecule has 0 bridgehead atoms. The topological polar surface area (TPSA) is 33.1 Å². The van der Waals surface area contributed by atoms with Gasteiger partial charge in [0.05, 0.1) is 12.3 Å². The summed E-state index contributed by atoms with van der Waals surface area (Å²) in [6.45, 7) is 2.00. The first-order valence-electron chi connectivity index (χ1n) is 4.44. The van der Waals surface area contributed by atoms with Gasteiger partial charge in [-0.3, -0.25) is 0 Å². The lowest BCUT2D eigenvalue weighted by atomic mass is 10.2. The van der Waals surface area contributed by atoms with Gasteiger partial charge >= 0.3 is 0 Å². The fraction of sp³-hybridized carbons (Fsp3) is 0.182. The van der Waals surface area contributed by atoms with Crippen LogP contribution in [0.2, 0.25) is 0 Å². The Morgan fingerprint density at radius 1 is 1.29 bits per heavy atom. The number of aryl methyl sites for hydroxylation is 1. The summed E-state index contributed by atoms with van der Waals surface area (Å²) in [4.78, 5) is 5.46. The van der Waals surface area contributed by atoms with Crippen molar-refractivity contribution in [3.63, 3.8) is 0 Å². The van der Waals surface area contributed by atoms with Crippen molar-refractivity contribution in [3.05, 3.63) is 40.9 Å². The number of aliphatic hydroxyl groups excluding tert-OH is 1. The molecule has 72 valence electrons. The van der Waals surface area contributed by atoms with Gasteiger partial charge in [0, 0.05) is 10.4 Å². The number of rotatable bonds is 2. The van der Waals surface area contributed by atoms with E-state index in [9.17, 15) is 0 Å². The molecule has 0 saturated heterocycles. The zero-order chi connectivity index (χ0) is 9.97. The number of hydrogen-bond donors (Lipinski definition) is 1. The van der Waals surface area contributed by atoms with E-state index in [1.807, 2.05) is 37.3 Å². The Labute approximate surface area is 86.9 Å². The van der Waals surface area contributed by atoms with Gasteiger partial charge < -0.3 is 5.11 Å². The highest BCUT2D eigenvalue weighted by Gasteiger charge is 2.07. The predicted molar refractivity (Wildman–Crippen MR) is 58.2 cm³/mol. The Hall–Kier alpha value is -1.19. The summed E-state index contributed by atoms with van der Waals surface area (Å²) in [5.41, 5.74) is 1.90. The molecule has 0 unspecified atom stereocenters. The van der Waals surface area contributed by atoms with Crippen molar-refractivity contribution in [2.45, 2.75) is 13.5 Å². The standard InChI is InChI=1S/C11H11NOS/c1-8-10(7-13)12-11(14-8)9-5-3-2-4-6-9/h2-6,13H,7H2,1H3. The molecule has 0 aliphatic heterocycles. The first-order valence-corrected chi connectivity index (χ1v) is 5.25. The van der Waals surface area contributed by atoms with Gasteiger partial charge in [0.2, 0.25) is 0 Å². The van der Waals surface area contributed by atoms with Crippen LogP contribution in [-0.4, -0.2) is 10.1 Å². The van der Waals surface area contributed by atoms with Crippen LogP contribution in [0.5, 0.6) is 0 Å². The molecule has 0 fully saturated rings. The predicted octanol–water partition coefficient (Wildman–Crippen LogP) is 2.61. The largest absolute Gasteiger partial charge is 0.390 e. The van der Waals surface area contributed by atoms with Gasteiger partial charge in [-0.2, -0.15) is 0 Å². The van der Waals surface area contributed by atoms with Crippen LogP contribution in [-0.2, 0) is 6.61 Å². The van der Waals surface area contributed by atoms with Crippen molar-refractivity contribution in [1.82, 2.24) is 4.98 Å². The Morgan fingerprint density at radius 2 is 2.00 bits per heavy atom. The number of aromatic nitrogens is 1. The van der Waals surface area contributed by atoms with Crippen LogP contribution in [0.15, 0.2) is 30.3 Å². The van der Waals surface area contributed by atoms with Gasteiger partial charge in [0.1, 0.15) is 5.01 Å². The molecule has 0 saturated carbocycles. The second-order valence-electron chi connectivity index (χ2n) is 3.05. The number of hydrogen-bond acceptors (Lipinski definition) is 3. The van der Waals surface area contributed by atoms with E-state index in [-0.39, 0.29) is 6.61 Å². The van der Waals surface area contributed by atoms with E-state index >= 15 is 0 Å². The molecule has 1 aromatic heterocycles. The summed E-state index contributed by atoms with van der Waals surface area (Å²) in [7, 11) is 0. The zero-order valence-corrected chi connectivity index (χ0v) is 8.71. The fourth-order valence-corrected chi connectivity index (χ4v) is 2.21. The summed E-state index contributed by atoms with van der Waals surface area (Å²) in [5.74, 6) is 0. The van der Waals surface area contributed by atoms with Crippen molar-refractivity contribution in [3.8, 4) is 10.6 Å². The maximum atomic E-state index is 9.02. The SMILES string of the molecule is Cc1sc(-c2ccccc2)nc1CO. The highest BCUT2D eigenvalue weighted by molar-refractivity contribution is 7.15. The van der Waals surface area contributed by atoms with Gasteiger partial charge in [-0.05, 0) is 6.92 Å². The summed E-state index contributed by atoms with van der Waals surface area (Å²) in [6, 6.07) is 10.0. The molecule has 2 aromatic rings. The molecule has 2 rings (SSSR count). The van der Waals surface area contributed by atoms with Gasteiger partial charge in [-0.15, -0.1) is 11.3 Å². The molecular formula is C11H11NOS. The van der Waals surface area contributed by atoms with Crippen LogP contribution >= 0.6 is 11.3 Å². The van der Waals surface area contributed by atoms with E-state index in [1.54, 1.807) is 11.3 Å². The van der Waals surface area contributed by atoms with E-state index in [4.69, 9.17) is 5.11 Å². The van der Waals surface area contributed by atoms with Crippen molar-refractivity contribution in [2.24, 2.45) is 0 Å². The van der Waals surface area contributed by atoms with E-state index < -0.39 is 0 Å². The first-order chi connectivity index (χ1) is 6.81. The first kappa shape index (κ1) is 9.37.